The second kappa shape index (κ2) is 11.2. The predicted molar refractivity (Wildman–Crippen MR) is 146 cm³/mol. The molecule has 0 heterocycles. The van der Waals surface area contributed by atoms with Crippen LogP contribution in [0.2, 0.25) is 5.04 Å². The van der Waals surface area contributed by atoms with E-state index in [0.29, 0.717) is 12.5 Å². The maximum Gasteiger partial charge on any atom is 0.261 e. The summed E-state index contributed by atoms with van der Waals surface area (Å²) < 4.78 is 7.03. The van der Waals surface area contributed by atoms with Crippen LogP contribution in [0.4, 0.5) is 0 Å². The first kappa shape index (κ1) is 25.9. The molecule has 2 N–H and O–H groups in total. The van der Waals surface area contributed by atoms with Crippen LogP contribution in [-0.4, -0.2) is 21.0 Å². The number of rotatable bonds is 8. The zero-order valence-corrected chi connectivity index (χ0v) is 22.6. The van der Waals surface area contributed by atoms with Gasteiger partial charge in [0.1, 0.15) is 0 Å². The molecule has 1 aliphatic rings. The summed E-state index contributed by atoms with van der Waals surface area (Å²) >= 11 is 0. The lowest BCUT2D eigenvalue weighted by atomic mass is 9.70. The summed E-state index contributed by atoms with van der Waals surface area (Å²) in [4.78, 5) is 0. The van der Waals surface area contributed by atoms with Gasteiger partial charge in [0.15, 0.2) is 0 Å². The Bertz CT molecular complexity index is 832. The highest BCUT2D eigenvalue weighted by Crippen LogP contribution is 2.39. The molecule has 4 atom stereocenters. The average Bonchev–Trinajstić information content (AvgIpc) is 2.78. The second-order valence-corrected chi connectivity index (χ2v) is 15.8. The first-order valence-corrected chi connectivity index (χ1v) is 14.7. The minimum atomic E-state index is -2.54. The molecule has 2 aromatic carbocycles. The summed E-state index contributed by atoms with van der Waals surface area (Å²) in [5.74, 6) is 2.92. The molecule has 180 valence electrons. The zero-order valence-electron chi connectivity index (χ0n) is 21.6. The van der Waals surface area contributed by atoms with Gasteiger partial charge in [0, 0.05) is 6.04 Å². The van der Waals surface area contributed by atoms with Crippen molar-refractivity contribution in [3.63, 3.8) is 0 Å². The first-order chi connectivity index (χ1) is 15.6. The summed E-state index contributed by atoms with van der Waals surface area (Å²) in [5.41, 5.74) is 6.66. The summed E-state index contributed by atoms with van der Waals surface area (Å²) in [5, 5.41) is 2.59. The molecular weight excluding hydrogens is 418 g/mol. The van der Waals surface area contributed by atoms with Crippen LogP contribution in [0.15, 0.2) is 72.8 Å². The summed E-state index contributed by atoms with van der Waals surface area (Å²) in [7, 11) is -2.54. The van der Waals surface area contributed by atoms with Crippen LogP contribution in [0.25, 0.3) is 0 Å². The lowest BCUT2D eigenvalue weighted by Crippen LogP contribution is -2.67. The van der Waals surface area contributed by atoms with E-state index in [1.807, 2.05) is 0 Å². The molecule has 0 aliphatic heterocycles. The molecule has 0 aromatic heterocycles. The Kier molecular flexibility index (Phi) is 8.77. The number of benzene rings is 2. The van der Waals surface area contributed by atoms with E-state index >= 15 is 0 Å². The number of hydrogen-bond donors (Lipinski definition) is 1. The minimum Gasteiger partial charge on any atom is -0.406 e. The van der Waals surface area contributed by atoms with Gasteiger partial charge in [-0.05, 0) is 51.9 Å². The minimum absolute atomic E-state index is 0.0271. The molecule has 2 aromatic rings. The Morgan fingerprint density at radius 3 is 2.00 bits per heavy atom. The molecule has 3 rings (SSSR count). The van der Waals surface area contributed by atoms with Crippen LogP contribution < -0.4 is 16.1 Å². The van der Waals surface area contributed by atoms with Gasteiger partial charge >= 0.3 is 0 Å². The molecule has 33 heavy (non-hydrogen) atoms. The monoisotopic (exact) mass is 463 g/mol. The van der Waals surface area contributed by atoms with E-state index in [9.17, 15) is 0 Å². The van der Waals surface area contributed by atoms with Crippen LogP contribution in [0.5, 0.6) is 0 Å². The van der Waals surface area contributed by atoms with Gasteiger partial charge in [0.25, 0.3) is 8.32 Å². The highest BCUT2D eigenvalue weighted by atomic mass is 28.4. The van der Waals surface area contributed by atoms with E-state index in [4.69, 9.17) is 10.2 Å². The molecule has 0 amide bonds. The fraction of sp³-hybridized carbons (Fsp3) is 0.533. The van der Waals surface area contributed by atoms with Crippen LogP contribution in [0.1, 0.15) is 60.8 Å². The van der Waals surface area contributed by atoms with Gasteiger partial charge < -0.3 is 10.2 Å². The molecule has 0 saturated heterocycles. The standard InChI is InChI=1S/C30H45NOSi/c1-23(2)29-20-17-24(3)21-25(29)18-19-26(31)22-32-33(30(4,5)6,27-13-9-7-10-14-27)28-15-11-8-12-16-28/h7-16,18-19,23-26,29H,17,20-22,31H2,1-6H3/b19-18+/t24-,25-,26-,29+/m1/s1. The quantitative estimate of drug-likeness (QED) is 0.376. The lowest BCUT2D eigenvalue weighted by molar-refractivity contribution is 0.178. The molecule has 0 bridgehead atoms. The number of hydrogen-bond acceptors (Lipinski definition) is 2. The van der Waals surface area contributed by atoms with E-state index in [1.165, 1.54) is 29.6 Å². The van der Waals surface area contributed by atoms with Crippen molar-refractivity contribution in [1.29, 1.82) is 0 Å². The van der Waals surface area contributed by atoms with Gasteiger partial charge in [-0.15, -0.1) is 0 Å². The van der Waals surface area contributed by atoms with Crippen molar-refractivity contribution in [2.45, 2.75) is 71.9 Å². The van der Waals surface area contributed by atoms with Gasteiger partial charge in [-0.1, -0.05) is 121 Å². The molecule has 1 fully saturated rings. The van der Waals surface area contributed by atoms with Crippen LogP contribution in [0.3, 0.4) is 0 Å². The van der Waals surface area contributed by atoms with E-state index < -0.39 is 8.32 Å². The van der Waals surface area contributed by atoms with Gasteiger partial charge in [-0.25, -0.2) is 0 Å². The van der Waals surface area contributed by atoms with Gasteiger partial charge in [-0.2, -0.15) is 0 Å². The molecule has 1 saturated carbocycles. The summed E-state index contributed by atoms with van der Waals surface area (Å²) in [6.07, 6.45) is 8.62. The molecule has 0 spiro atoms. The maximum atomic E-state index is 7.03. The van der Waals surface area contributed by atoms with Crippen molar-refractivity contribution in [2.75, 3.05) is 6.61 Å². The molecule has 2 nitrogen and oxygen atoms in total. The van der Waals surface area contributed by atoms with E-state index in [-0.39, 0.29) is 11.1 Å². The topological polar surface area (TPSA) is 35.2 Å². The summed E-state index contributed by atoms with van der Waals surface area (Å²) in [6, 6.07) is 21.5. The van der Waals surface area contributed by atoms with Crippen LogP contribution >= 0.6 is 0 Å². The van der Waals surface area contributed by atoms with Crippen molar-refractivity contribution in [1.82, 2.24) is 0 Å². The molecule has 0 radical (unpaired) electrons. The van der Waals surface area contributed by atoms with Crippen LogP contribution in [-0.2, 0) is 4.43 Å². The van der Waals surface area contributed by atoms with Gasteiger partial charge in [-0.3, -0.25) is 0 Å². The lowest BCUT2D eigenvalue weighted by Gasteiger charge is -2.43. The maximum absolute atomic E-state index is 7.03. The van der Waals surface area contributed by atoms with Crippen molar-refractivity contribution in [3.8, 4) is 0 Å². The van der Waals surface area contributed by atoms with E-state index in [2.05, 4.69) is 114 Å². The highest BCUT2D eigenvalue weighted by Gasteiger charge is 2.50. The summed E-state index contributed by atoms with van der Waals surface area (Å²) in [6.45, 7) is 14.6. The Labute approximate surface area is 203 Å². The predicted octanol–water partition coefficient (Wildman–Crippen LogP) is 6.15. The number of allylic oxidation sites excluding steroid dienone is 1. The molecule has 3 heteroatoms. The normalized spacial score (nSPS) is 23.2. The Morgan fingerprint density at radius 2 is 1.52 bits per heavy atom. The van der Waals surface area contributed by atoms with Crippen molar-refractivity contribution in [3.05, 3.63) is 72.8 Å². The Balaban J connectivity index is 1.85. The van der Waals surface area contributed by atoms with E-state index in [0.717, 1.165) is 17.8 Å². The Morgan fingerprint density at radius 1 is 0.970 bits per heavy atom. The highest BCUT2D eigenvalue weighted by molar-refractivity contribution is 6.99. The molecule has 1 aliphatic carbocycles. The zero-order chi connectivity index (χ0) is 24.1. The average molecular weight is 464 g/mol. The molecular formula is C30H45NOSi. The first-order valence-electron chi connectivity index (χ1n) is 12.8. The van der Waals surface area contributed by atoms with Gasteiger partial charge in [0.05, 0.1) is 6.61 Å². The van der Waals surface area contributed by atoms with Gasteiger partial charge in [0.2, 0.25) is 0 Å². The largest absolute Gasteiger partial charge is 0.406 e. The Hall–Kier alpha value is -1.68. The second-order valence-electron chi connectivity index (χ2n) is 11.5. The SMILES string of the molecule is CC(C)[C@@H]1CC[C@@H](C)C[C@H]1/C=C/[C@@H](N)CO[Si](c1ccccc1)(c1ccccc1)C(C)(C)C. The fourth-order valence-corrected chi connectivity index (χ4v) is 10.4. The molecule has 0 unspecified atom stereocenters. The van der Waals surface area contributed by atoms with Crippen molar-refractivity contribution < 1.29 is 4.43 Å². The van der Waals surface area contributed by atoms with Crippen LogP contribution in [0, 0.1) is 23.7 Å². The number of nitrogens with two attached hydrogens (primary N) is 1. The van der Waals surface area contributed by atoms with Crippen molar-refractivity contribution >= 4 is 18.7 Å². The van der Waals surface area contributed by atoms with Crippen molar-refractivity contribution in [2.24, 2.45) is 29.4 Å². The third kappa shape index (κ3) is 6.06. The smallest absolute Gasteiger partial charge is 0.261 e. The fourth-order valence-electron chi connectivity index (χ4n) is 5.82. The third-order valence-corrected chi connectivity index (χ3v) is 12.6. The third-order valence-electron chi connectivity index (χ3n) is 7.59. The van der Waals surface area contributed by atoms with E-state index in [1.54, 1.807) is 0 Å².